The monoisotopic (exact) mass is 182 g/mol. The molecule has 1 unspecified atom stereocenters. The van der Waals surface area contributed by atoms with Crippen molar-refractivity contribution in [2.24, 2.45) is 0 Å². The summed E-state index contributed by atoms with van der Waals surface area (Å²) in [7, 11) is 0. The van der Waals surface area contributed by atoms with Crippen molar-refractivity contribution >= 4 is 0 Å². The van der Waals surface area contributed by atoms with Crippen molar-refractivity contribution < 1.29 is 4.52 Å². The van der Waals surface area contributed by atoms with Crippen LogP contribution in [0, 0.1) is 0 Å². The van der Waals surface area contributed by atoms with E-state index in [2.05, 4.69) is 27.3 Å². The number of piperazine rings is 1. The van der Waals surface area contributed by atoms with Crippen LogP contribution in [0.3, 0.4) is 0 Å². The van der Waals surface area contributed by atoms with Gasteiger partial charge in [0.15, 0.2) is 6.33 Å². The Morgan fingerprint density at radius 1 is 1.54 bits per heavy atom. The molecule has 0 radical (unpaired) electrons. The molecule has 5 heteroatoms. The molecule has 1 atom stereocenters. The number of aromatic nitrogens is 2. The third kappa shape index (κ3) is 1.87. The Labute approximate surface area is 77.1 Å². The molecule has 0 bridgehead atoms. The third-order valence-electron chi connectivity index (χ3n) is 2.44. The van der Waals surface area contributed by atoms with Crippen LogP contribution >= 0.6 is 0 Å². The fourth-order valence-corrected chi connectivity index (χ4v) is 1.59. The maximum absolute atomic E-state index is 5.03. The SMILES string of the molecule is CC(c1ncno1)N1CCNCC1. The molecule has 2 rings (SSSR count). The molecule has 2 heterocycles. The van der Waals surface area contributed by atoms with Gasteiger partial charge in [0, 0.05) is 26.2 Å². The molecule has 1 fully saturated rings. The molecule has 13 heavy (non-hydrogen) atoms. The Hall–Kier alpha value is -0.940. The van der Waals surface area contributed by atoms with E-state index in [-0.39, 0.29) is 6.04 Å². The van der Waals surface area contributed by atoms with Gasteiger partial charge in [-0.2, -0.15) is 4.98 Å². The van der Waals surface area contributed by atoms with E-state index >= 15 is 0 Å². The first kappa shape index (κ1) is 8.65. The van der Waals surface area contributed by atoms with E-state index in [1.807, 2.05) is 0 Å². The average Bonchev–Trinajstić information content (AvgIpc) is 2.71. The largest absolute Gasteiger partial charge is 0.338 e. The van der Waals surface area contributed by atoms with E-state index in [1.54, 1.807) is 0 Å². The first-order valence-corrected chi connectivity index (χ1v) is 4.59. The summed E-state index contributed by atoms with van der Waals surface area (Å²) in [5, 5.41) is 6.92. The van der Waals surface area contributed by atoms with E-state index in [0.29, 0.717) is 5.89 Å². The van der Waals surface area contributed by atoms with E-state index in [1.165, 1.54) is 6.33 Å². The molecule has 0 saturated carbocycles. The second-order valence-electron chi connectivity index (χ2n) is 3.24. The highest BCUT2D eigenvalue weighted by Gasteiger charge is 2.21. The summed E-state index contributed by atoms with van der Waals surface area (Å²) < 4.78 is 5.03. The molecular formula is C8H14N4O. The lowest BCUT2D eigenvalue weighted by atomic mass is 10.2. The summed E-state index contributed by atoms with van der Waals surface area (Å²) in [6, 6.07) is 0.240. The van der Waals surface area contributed by atoms with Crippen LogP contribution in [-0.2, 0) is 0 Å². The molecular weight excluding hydrogens is 168 g/mol. The lowest BCUT2D eigenvalue weighted by Crippen LogP contribution is -2.44. The van der Waals surface area contributed by atoms with Gasteiger partial charge in [-0.15, -0.1) is 0 Å². The number of nitrogens with zero attached hydrogens (tertiary/aromatic N) is 3. The minimum absolute atomic E-state index is 0.240. The minimum Gasteiger partial charge on any atom is -0.338 e. The van der Waals surface area contributed by atoms with Crippen LogP contribution in [0.5, 0.6) is 0 Å². The van der Waals surface area contributed by atoms with Gasteiger partial charge in [-0.1, -0.05) is 5.16 Å². The van der Waals surface area contributed by atoms with Crippen molar-refractivity contribution in [3.63, 3.8) is 0 Å². The Morgan fingerprint density at radius 2 is 2.31 bits per heavy atom. The number of rotatable bonds is 2. The molecule has 72 valence electrons. The summed E-state index contributed by atoms with van der Waals surface area (Å²) in [6.45, 7) is 6.27. The topological polar surface area (TPSA) is 54.2 Å². The standard InChI is InChI=1S/C8H14N4O/c1-7(8-10-6-11-13-8)12-4-2-9-3-5-12/h6-7,9H,2-5H2,1H3. The highest BCUT2D eigenvalue weighted by atomic mass is 16.5. The first-order valence-electron chi connectivity index (χ1n) is 4.59. The van der Waals surface area contributed by atoms with Crippen molar-refractivity contribution in [2.75, 3.05) is 26.2 Å². The third-order valence-corrected chi connectivity index (χ3v) is 2.44. The van der Waals surface area contributed by atoms with E-state index in [9.17, 15) is 0 Å². The Morgan fingerprint density at radius 3 is 2.92 bits per heavy atom. The molecule has 1 aromatic heterocycles. The molecule has 1 aliphatic heterocycles. The van der Waals surface area contributed by atoms with Gasteiger partial charge < -0.3 is 9.84 Å². The number of hydrogen-bond acceptors (Lipinski definition) is 5. The van der Waals surface area contributed by atoms with Gasteiger partial charge in [-0.25, -0.2) is 0 Å². The van der Waals surface area contributed by atoms with Crippen LogP contribution in [-0.4, -0.2) is 41.2 Å². The van der Waals surface area contributed by atoms with Crippen LogP contribution in [0.2, 0.25) is 0 Å². The molecule has 0 aliphatic carbocycles. The Kier molecular flexibility index (Phi) is 2.56. The highest BCUT2D eigenvalue weighted by molar-refractivity contribution is 4.87. The molecule has 1 saturated heterocycles. The molecule has 0 amide bonds. The quantitative estimate of drug-likeness (QED) is 0.699. The number of nitrogens with one attached hydrogen (secondary N) is 1. The summed E-state index contributed by atoms with van der Waals surface area (Å²) in [5.74, 6) is 0.710. The van der Waals surface area contributed by atoms with Crippen molar-refractivity contribution in [2.45, 2.75) is 13.0 Å². The van der Waals surface area contributed by atoms with E-state index in [0.717, 1.165) is 26.2 Å². The zero-order valence-corrected chi connectivity index (χ0v) is 7.73. The van der Waals surface area contributed by atoms with Crippen molar-refractivity contribution in [1.29, 1.82) is 0 Å². The maximum Gasteiger partial charge on any atom is 0.243 e. The van der Waals surface area contributed by atoms with Crippen LogP contribution < -0.4 is 5.32 Å². The lowest BCUT2D eigenvalue weighted by Gasteiger charge is -2.30. The Balaban J connectivity index is 1.99. The second kappa shape index (κ2) is 3.85. The number of hydrogen-bond donors (Lipinski definition) is 1. The van der Waals surface area contributed by atoms with E-state index < -0.39 is 0 Å². The van der Waals surface area contributed by atoms with Gasteiger partial charge in [0.2, 0.25) is 5.89 Å². The van der Waals surface area contributed by atoms with Crippen molar-refractivity contribution in [3.8, 4) is 0 Å². The predicted octanol–water partition coefficient (Wildman–Crippen LogP) is 0.0358. The fourth-order valence-electron chi connectivity index (χ4n) is 1.59. The van der Waals surface area contributed by atoms with Gasteiger partial charge >= 0.3 is 0 Å². The van der Waals surface area contributed by atoms with E-state index in [4.69, 9.17) is 4.52 Å². The van der Waals surface area contributed by atoms with Crippen LogP contribution in [0.4, 0.5) is 0 Å². The first-order chi connectivity index (χ1) is 6.38. The molecule has 5 nitrogen and oxygen atoms in total. The molecule has 1 aromatic rings. The highest BCUT2D eigenvalue weighted by Crippen LogP contribution is 2.16. The van der Waals surface area contributed by atoms with Crippen LogP contribution in [0.15, 0.2) is 10.9 Å². The summed E-state index contributed by atoms with van der Waals surface area (Å²) in [4.78, 5) is 6.39. The molecule has 1 N–H and O–H groups in total. The minimum atomic E-state index is 0.240. The molecule has 1 aliphatic rings. The molecule has 0 aromatic carbocycles. The molecule has 0 spiro atoms. The second-order valence-corrected chi connectivity index (χ2v) is 3.24. The van der Waals surface area contributed by atoms with Crippen LogP contribution in [0.1, 0.15) is 18.9 Å². The van der Waals surface area contributed by atoms with Gasteiger partial charge in [-0.05, 0) is 6.92 Å². The van der Waals surface area contributed by atoms with Crippen molar-refractivity contribution in [3.05, 3.63) is 12.2 Å². The van der Waals surface area contributed by atoms with Crippen LogP contribution in [0.25, 0.3) is 0 Å². The van der Waals surface area contributed by atoms with Gasteiger partial charge in [0.25, 0.3) is 0 Å². The van der Waals surface area contributed by atoms with Gasteiger partial charge in [0.1, 0.15) is 0 Å². The zero-order chi connectivity index (χ0) is 9.10. The average molecular weight is 182 g/mol. The summed E-state index contributed by atoms with van der Waals surface area (Å²) >= 11 is 0. The zero-order valence-electron chi connectivity index (χ0n) is 7.73. The van der Waals surface area contributed by atoms with Crippen molar-refractivity contribution in [1.82, 2.24) is 20.4 Å². The van der Waals surface area contributed by atoms with Gasteiger partial charge in [0.05, 0.1) is 6.04 Å². The normalized spacial score (nSPS) is 21.6. The smallest absolute Gasteiger partial charge is 0.243 e. The Bertz CT molecular complexity index is 243. The summed E-state index contributed by atoms with van der Waals surface area (Å²) in [6.07, 6.45) is 1.45. The van der Waals surface area contributed by atoms with Gasteiger partial charge in [-0.3, -0.25) is 4.90 Å². The fraction of sp³-hybridized carbons (Fsp3) is 0.750. The lowest BCUT2D eigenvalue weighted by molar-refractivity contribution is 0.154. The predicted molar refractivity (Wildman–Crippen MR) is 47.2 cm³/mol. The summed E-state index contributed by atoms with van der Waals surface area (Å²) in [5.41, 5.74) is 0. The maximum atomic E-state index is 5.03.